The van der Waals surface area contributed by atoms with Gasteiger partial charge >= 0.3 is 5.97 Å². The second kappa shape index (κ2) is 8.34. The lowest BCUT2D eigenvalue weighted by molar-refractivity contribution is -0.384. The van der Waals surface area contributed by atoms with E-state index >= 15 is 0 Å². The van der Waals surface area contributed by atoms with E-state index in [0.717, 1.165) is 12.8 Å². The van der Waals surface area contributed by atoms with E-state index < -0.39 is 4.92 Å². The number of nitrogens with zero attached hydrogens (tertiary/aromatic N) is 3. The number of carbonyl (C=O) groups is 1. The van der Waals surface area contributed by atoms with Gasteiger partial charge in [-0.3, -0.25) is 14.9 Å². The first-order chi connectivity index (χ1) is 12.6. The molecule has 8 nitrogen and oxygen atoms in total. The molecular weight excluding hydrogens is 358 g/mol. The van der Waals surface area contributed by atoms with Gasteiger partial charge in [-0.1, -0.05) is 6.07 Å². The molecule has 0 aliphatic carbocycles. The highest BCUT2D eigenvalue weighted by Gasteiger charge is 2.12. The van der Waals surface area contributed by atoms with Crippen LogP contribution in [-0.2, 0) is 22.6 Å². The van der Waals surface area contributed by atoms with Crippen LogP contribution >= 0.6 is 11.3 Å². The average Bonchev–Trinajstić information content (AvgIpc) is 3.32. The fourth-order valence-electron chi connectivity index (χ4n) is 2.23. The first kappa shape index (κ1) is 17.7. The molecule has 1 aromatic carbocycles. The summed E-state index contributed by atoms with van der Waals surface area (Å²) < 4.78 is 10.5. The zero-order chi connectivity index (χ0) is 18.4. The van der Waals surface area contributed by atoms with E-state index in [1.807, 2.05) is 17.5 Å². The van der Waals surface area contributed by atoms with Gasteiger partial charge in [0.25, 0.3) is 11.6 Å². The van der Waals surface area contributed by atoms with Crippen LogP contribution in [0, 0.1) is 10.1 Å². The molecule has 3 aromatic rings. The Labute approximate surface area is 152 Å². The molecule has 0 saturated heterocycles. The van der Waals surface area contributed by atoms with E-state index in [4.69, 9.17) is 9.15 Å². The summed E-state index contributed by atoms with van der Waals surface area (Å²) in [5.74, 6) is 0.0604. The Kier molecular flexibility index (Phi) is 5.69. The highest BCUT2D eigenvalue weighted by atomic mass is 32.1. The Morgan fingerprint density at radius 2 is 2.04 bits per heavy atom. The molecule has 0 saturated carbocycles. The highest BCUT2D eigenvalue weighted by molar-refractivity contribution is 7.09. The summed E-state index contributed by atoms with van der Waals surface area (Å²) in [6, 6.07) is 9.77. The van der Waals surface area contributed by atoms with Crippen molar-refractivity contribution in [2.45, 2.75) is 25.9 Å². The summed E-state index contributed by atoms with van der Waals surface area (Å²) in [5.41, 5.74) is 0.529. The van der Waals surface area contributed by atoms with Crippen molar-refractivity contribution in [2.24, 2.45) is 0 Å². The number of non-ortho nitro benzene ring substituents is 1. The molecule has 2 aromatic heterocycles. The number of benzene rings is 1. The number of esters is 1. The van der Waals surface area contributed by atoms with Crippen molar-refractivity contribution in [3.63, 3.8) is 0 Å². The number of carbonyl (C=O) groups excluding carboxylic acids is 1. The Bertz CT molecular complexity index is 874. The normalized spacial score (nSPS) is 10.6. The van der Waals surface area contributed by atoms with Crippen LogP contribution in [-0.4, -0.2) is 21.1 Å². The van der Waals surface area contributed by atoms with Crippen molar-refractivity contribution in [3.05, 3.63) is 62.7 Å². The molecule has 0 fully saturated rings. The summed E-state index contributed by atoms with van der Waals surface area (Å²) in [4.78, 5) is 23.2. The zero-order valence-corrected chi connectivity index (χ0v) is 14.5. The van der Waals surface area contributed by atoms with Gasteiger partial charge in [-0.25, -0.2) is 0 Å². The van der Waals surface area contributed by atoms with Crippen LogP contribution in [0.1, 0.15) is 23.6 Å². The maximum absolute atomic E-state index is 11.8. The van der Waals surface area contributed by atoms with Crippen LogP contribution in [0.2, 0.25) is 0 Å². The zero-order valence-electron chi connectivity index (χ0n) is 13.7. The summed E-state index contributed by atoms with van der Waals surface area (Å²) >= 11 is 1.67. The smallest absolute Gasteiger partial charge is 0.306 e. The molecule has 0 unspecified atom stereocenters. The molecule has 0 atom stereocenters. The molecule has 0 aliphatic heterocycles. The summed E-state index contributed by atoms with van der Waals surface area (Å²) in [5, 5.41) is 20.3. The predicted molar refractivity (Wildman–Crippen MR) is 93.4 cm³/mol. The van der Waals surface area contributed by atoms with Gasteiger partial charge in [-0.05, 0) is 36.4 Å². The van der Waals surface area contributed by atoms with Gasteiger partial charge in [-0.15, -0.1) is 21.5 Å². The topological polar surface area (TPSA) is 108 Å². The first-order valence-corrected chi connectivity index (χ1v) is 8.75. The van der Waals surface area contributed by atoms with Gasteiger partial charge in [0.2, 0.25) is 5.89 Å². The molecule has 9 heteroatoms. The van der Waals surface area contributed by atoms with Crippen molar-refractivity contribution < 1.29 is 18.9 Å². The van der Waals surface area contributed by atoms with E-state index in [2.05, 4.69) is 10.2 Å². The Hall–Kier alpha value is -3.07. The second-order valence-corrected chi connectivity index (χ2v) is 6.43. The lowest BCUT2D eigenvalue weighted by Crippen LogP contribution is -2.05. The van der Waals surface area contributed by atoms with Gasteiger partial charge in [0.05, 0.1) is 4.92 Å². The minimum absolute atomic E-state index is 0.0232. The molecule has 26 heavy (non-hydrogen) atoms. The van der Waals surface area contributed by atoms with Crippen molar-refractivity contribution >= 4 is 23.0 Å². The van der Waals surface area contributed by atoms with Gasteiger partial charge in [0.15, 0.2) is 6.61 Å². The summed E-state index contributed by atoms with van der Waals surface area (Å²) in [6.45, 7) is -0.0994. The Morgan fingerprint density at radius 1 is 1.23 bits per heavy atom. The summed E-state index contributed by atoms with van der Waals surface area (Å²) in [6.07, 6.45) is 1.89. The van der Waals surface area contributed by atoms with Crippen molar-refractivity contribution in [3.8, 4) is 11.5 Å². The molecule has 134 valence electrons. The fourth-order valence-corrected chi connectivity index (χ4v) is 2.98. The van der Waals surface area contributed by atoms with E-state index in [1.54, 1.807) is 11.3 Å². The molecule has 0 N–H and O–H groups in total. The van der Waals surface area contributed by atoms with Crippen molar-refractivity contribution in [2.75, 3.05) is 0 Å². The van der Waals surface area contributed by atoms with Gasteiger partial charge in [0.1, 0.15) is 0 Å². The molecule has 0 amide bonds. The van der Waals surface area contributed by atoms with Crippen LogP contribution in [0.3, 0.4) is 0 Å². The minimum Gasteiger partial charge on any atom is -0.456 e. The SMILES string of the molecule is O=C(CCCc1cccs1)OCc1nnc(-c2ccc([N+](=O)[O-])cc2)o1. The monoisotopic (exact) mass is 373 g/mol. The standard InChI is InChI=1S/C17H15N3O5S/c21-16(5-1-3-14-4-2-10-26-14)24-11-15-18-19-17(25-15)12-6-8-13(9-7-12)20(22)23/h2,4,6-10H,1,3,5,11H2. The van der Waals surface area contributed by atoms with Crippen LogP contribution < -0.4 is 0 Å². The molecule has 0 bridgehead atoms. The number of thiophene rings is 1. The minimum atomic E-state index is -0.485. The number of nitro groups is 1. The van der Waals surface area contributed by atoms with Crippen molar-refractivity contribution in [1.29, 1.82) is 0 Å². The Morgan fingerprint density at radius 3 is 2.73 bits per heavy atom. The quantitative estimate of drug-likeness (QED) is 0.336. The van der Waals surface area contributed by atoms with Gasteiger partial charge < -0.3 is 9.15 Å². The third-order valence-electron chi connectivity index (χ3n) is 3.53. The molecule has 0 radical (unpaired) electrons. The van der Waals surface area contributed by atoms with Crippen LogP contribution in [0.15, 0.2) is 46.2 Å². The molecule has 0 spiro atoms. The lowest BCUT2D eigenvalue weighted by atomic mass is 10.2. The van der Waals surface area contributed by atoms with Crippen LogP contribution in [0.4, 0.5) is 5.69 Å². The van der Waals surface area contributed by atoms with E-state index in [-0.39, 0.29) is 30.0 Å². The van der Waals surface area contributed by atoms with Crippen LogP contribution in [0.25, 0.3) is 11.5 Å². The van der Waals surface area contributed by atoms with Gasteiger partial charge in [-0.2, -0.15) is 0 Å². The molecule has 3 rings (SSSR count). The van der Waals surface area contributed by atoms with E-state index in [1.165, 1.54) is 29.1 Å². The fraction of sp³-hybridized carbons (Fsp3) is 0.235. The number of hydrogen-bond acceptors (Lipinski definition) is 8. The number of ether oxygens (including phenoxy) is 1. The number of rotatable bonds is 8. The maximum Gasteiger partial charge on any atom is 0.306 e. The third-order valence-corrected chi connectivity index (χ3v) is 4.47. The predicted octanol–water partition coefficient (Wildman–Crippen LogP) is 3.77. The van der Waals surface area contributed by atoms with Gasteiger partial charge in [0, 0.05) is 29.0 Å². The highest BCUT2D eigenvalue weighted by Crippen LogP contribution is 2.21. The largest absolute Gasteiger partial charge is 0.456 e. The number of hydrogen-bond donors (Lipinski definition) is 0. The summed E-state index contributed by atoms with van der Waals surface area (Å²) in [7, 11) is 0. The second-order valence-electron chi connectivity index (χ2n) is 5.40. The van der Waals surface area contributed by atoms with E-state index in [0.29, 0.717) is 12.0 Å². The maximum atomic E-state index is 11.8. The van der Waals surface area contributed by atoms with Crippen LogP contribution in [0.5, 0.6) is 0 Å². The van der Waals surface area contributed by atoms with Crippen molar-refractivity contribution in [1.82, 2.24) is 10.2 Å². The number of nitro benzene ring substituents is 1. The first-order valence-electron chi connectivity index (χ1n) is 7.87. The third kappa shape index (κ3) is 4.73. The molecule has 0 aliphatic rings. The average molecular weight is 373 g/mol. The lowest BCUT2D eigenvalue weighted by Gasteiger charge is -2.01. The molecular formula is C17H15N3O5S. The molecule has 2 heterocycles. The number of aryl methyl sites for hydroxylation is 1. The van der Waals surface area contributed by atoms with E-state index in [9.17, 15) is 14.9 Å². The Balaban J connectivity index is 1.47. The number of aromatic nitrogens is 2.